The predicted molar refractivity (Wildman–Crippen MR) is 103 cm³/mol. The van der Waals surface area contributed by atoms with E-state index in [-0.39, 0.29) is 17.1 Å². The van der Waals surface area contributed by atoms with Crippen LogP contribution in [-0.4, -0.2) is 6.26 Å². The molecule has 0 N–H and O–H groups in total. The van der Waals surface area contributed by atoms with Crippen molar-refractivity contribution in [3.63, 3.8) is 0 Å². The molecule has 0 saturated carbocycles. The maximum Gasteiger partial charge on any atom is 0.121 e. The minimum Gasteiger partial charge on any atom is -0.796 e. The summed E-state index contributed by atoms with van der Waals surface area (Å²) in [4.78, 5) is -0.791. The van der Waals surface area contributed by atoms with Crippen molar-refractivity contribution in [3.8, 4) is 0 Å². The van der Waals surface area contributed by atoms with Gasteiger partial charge in [-0.2, -0.15) is 6.26 Å². The van der Waals surface area contributed by atoms with E-state index in [0.29, 0.717) is 5.02 Å². The quantitative estimate of drug-likeness (QED) is 0.218. The van der Waals surface area contributed by atoms with Crippen molar-refractivity contribution in [2.24, 2.45) is 0 Å². The van der Waals surface area contributed by atoms with E-state index < -0.39 is 4.87 Å². The van der Waals surface area contributed by atoms with Gasteiger partial charge in [0, 0.05) is 27.7 Å². The van der Waals surface area contributed by atoms with E-state index in [0.717, 1.165) is 16.7 Å². The van der Waals surface area contributed by atoms with E-state index in [2.05, 4.69) is 12.6 Å². The molecule has 0 radical (unpaired) electrons. The molecule has 0 fully saturated rings. The Morgan fingerprint density at radius 2 is 1.04 bits per heavy atom. The third-order valence-electron chi connectivity index (χ3n) is 3.59. The van der Waals surface area contributed by atoms with E-state index in [1.54, 1.807) is 6.26 Å². The van der Waals surface area contributed by atoms with Crippen molar-refractivity contribution in [1.29, 1.82) is 0 Å². The first kappa shape index (κ1) is 21.2. The Kier molecular flexibility index (Phi) is 8.97. The molecule has 0 atom stereocenters. The minimum absolute atomic E-state index is 0. The second-order valence-electron chi connectivity index (χ2n) is 4.87. The standard InChI is InChI=1S/C19H14Cl2.CH4S.Fe/c20-18-14-8-7-13-17(18)19(21,15-9-3-1-4-10-15)16-11-5-2-6-12-16;1-2;/h1-14H;2H,1H3;/p-1. The van der Waals surface area contributed by atoms with E-state index >= 15 is 0 Å². The Balaban J connectivity index is 0.000000925. The number of halogens is 2. The van der Waals surface area contributed by atoms with Crippen LogP contribution in [0.1, 0.15) is 16.7 Å². The average Bonchev–Trinajstić information content (AvgIpc) is 2.64. The fourth-order valence-corrected chi connectivity index (χ4v) is 3.30. The third kappa shape index (κ3) is 4.39. The summed E-state index contributed by atoms with van der Waals surface area (Å²) in [6.07, 6.45) is 1.58. The molecule has 0 bridgehead atoms. The van der Waals surface area contributed by atoms with Crippen LogP contribution < -0.4 is 0 Å². The molecule has 0 amide bonds. The summed E-state index contributed by atoms with van der Waals surface area (Å²) in [5.74, 6) is 0. The summed E-state index contributed by atoms with van der Waals surface area (Å²) in [5.41, 5.74) is 2.91. The molecule has 0 aliphatic carbocycles. The van der Waals surface area contributed by atoms with Crippen LogP contribution in [0.25, 0.3) is 0 Å². The Bertz CT molecular complexity index is 693. The monoisotopic (exact) mass is 415 g/mol. The molecule has 0 nitrogen and oxygen atoms in total. The molecule has 4 heteroatoms. The van der Waals surface area contributed by atoms with Gasteiger partial charge in [-0.15, -0.1) is 11.6 Å². The van der Waals surface area contributed by atoms with Crippen molar-refractivity contribution < 1.29 is 17.1 Å². The molecule has 0 aromatic heterocycles. The maximum atomic E-state index is 7.14. The van der Waals surface area contributed by atoms with E-state index in [9.17, 15) is 0 Å². The SMILES string of the molecule is C[S-].Clc1ccccc1C(Cl)(c1ccccc1)c1ccccc1.[Fe]. The second-order valence-corrected chi connectivity index (χ2v) is 5.84. The largest absolute Gasteiger partial charge is 0.796 e. The van der Waals surface area contributed by atoms with Crippen LogP contribution >= 0.6 is 23.2 Å². The number of benzene rings is 3. The topological polar surface area (TPSA) is 0 Å². The number of alkyl halides is 1. The molecule has 0 heterocycles. The summed E-state index contributed by atoms with van der Waals surface area (Å²) in [7, 11) is 0. The first-order valence-electron chi connectivity index (χ1n) is 7.18. The molecule has 3 rings (SSSR count). The van der Waals surface area contributed by atoms with Gasteiger partial charge < -0.3 is 12.6 Å². The summed E-state index contributed by atoms with van der Waals surface area (Å²) in [6, 6.07) is 27.8. The summed E-state index contributed by atoms with van der Waals surface area (Å²) in [5, 5.41) is 0.667. The van der Waals surface area contributed by atoms with Gasteiger partial charge in [0.1, 0.15) is 4.87 Å². The molecule has 0 saturated heterocycles. The second kappa shape index (κ2) is 10.2. The minimum atomic E-state index is -0.791. The van der Waals surface area contributed by atoms with Gasteiger partial charge in [-0.25, -0.2) is 0 Å². The summed E-state index contributed by atoms with van der Waals surface area (Å²) in [6.45, 7) is 0. The van der Waals surface area contributed by atoms with Gasteiger partial charge in [-0.05, 0) is 17.2 Å². The Morgan fingerprint density at radius 3 is 1.46 bits per heavy atom. The first-order valence-corrected chi connectivity index (χ1v) is 8.76. The van der Waals surface area contributed by atoms with Crippen LogP contribution in [0.5, 0.6) is 0 Å². The van der Waals surface area contributed by atoms with Crippen molar-refractivity contribution in [3.05, 3.63) is 107 Å². The fourth-order valence-electron chi connectivity index (χ4n) is 2.55. The molecule has 0 unspecified atom stereocenters. The maximum absolute atomic E-state index is 7.14. The van der Waals surface area contributed by atoms with Gasteiger partial charge in [0.15, 0.2) is 0 Å². The van der Waals surface area contributed by atoms with Crippen LogP contribution in [0, 0.1) is 0 Å². The molecule has 0 aliphatic rings. The molecular weight excluding hydrogens is 399 g/mol. The Labute approximate surface area is 170 Å². The fraction of sp³-hybridized carbons (Fsp3) is 0.100. The zero-order valence-electron chi connectivity index (χ0n) is 13.1. The molecule has 24 heavy (non-hydrogen) atoms. The van der Waals surface area contributed by atoms with Crippen molar-refractivity contribution in [2.45, 2.75) is 4.87 Å². The van der Waals surface area contributed by atoms with Gasteiger partial charge in [0.05, 0.1) is 0 Å². The first-order chi connectivity index (χ1) is 11.2. The van der Waals surface area contributed by atoms with Gasteiger partial charge in [-0.1, -0.05) is 90.5 Å². The predicted octanol–water partition coefficient (Wildman–Crippen LogP) is 6.03. The molecular formula is C20H17Cl2FeS-. The zero-order chi connectivity index (χ0) is 16.7. The van der Waals surface area contributed by atoms with Crippen LogP contribution in [0.2, 0.25) is 5.02 Å². The van der Waals surface area contributed by atoms with E-state index in [1.807, 2.05) is 84.9 Å². The molecule has 126 valence electrons. The number of rotatable bonds is 3. The van der Waals surface area contributed by atoms with Gasteiger partial charge in [-0.3, -0.25) is 0 Å². The van der Waals surface area contributed by atoms with Crippen molar-refractivity contribution in [2.75, 3.05) is 6.26 Å². The average molecular weight is 416 g/mol. The van der Waals surface area contributed by atoms with Gasteiger partial charge >= 0.3 is 0 Å². The van der Waals surface area contributed by atoms with Crippen LogP contribution in [0.4, 0.5) is 0 Å². The zero-order valence-corrected chi connectivity index (χ0v) is 16.5. The summed E-state index contributed by atoms with van der Waals surface area (Å²) < 4.78 is 0. The smallest absolute Gasteiger partial charge is 0.121 e. The molecule has 3 aromatic carbocycles. The normalized spacial score (nSPS) is 10.2. The summed E-state index contributed by atoms with van der Waals surface area (Å²) >= 11 is 17.6. The molecule has 3 aromatic rings. The van der Waals surface area contributed by atoms with Crippen LogP contribution in [0.3, 0.4) is 0 Å². The van der Waals surface area contributed by atoms with E-state index in [1.165, 1.54) is 0 Å². The molecule has 0 spiro atoms. The number of hydrogen-bond acceptors (Lipinski definition) is 1. The molecule has 0 aliphatic heterocycles. The van der Waals surface area contributed by atoms with Gasteiger partial charge in [0.25, 0.3) is 0 Å². The van der Waals surface area contributed by atoms with Gasteiger partial charge in [0.2, 0.25) is 0 Å². The van der Waals surface area contributed by atoms with E-state index in [4.69, 9.17) is 23.2 Å². The third-order valence-corrected chi connectivity index (χ3v) is 4.56. The number of hydrogen-bond donors (Lipinski definition) is 0. The van der Waals surface area contributed by atoms with Crippen molar-refractivity contribution >= 4 is 35.8 Å². The Morgan fingerprint density at radius 1 is 0.667 bits per heavy atom. The van der Waals surface area contributed by atoms with Crippen molar-refractivity contribution in [1.82, 2.24) is 0 Å². The van der Waals surface area contributed by atoms with Crippen LogP contribution in [0.15, 0.2) is 84.9 Å². The Hall–Kier alpha value is -0.891. The van der Waals surface area contributed by atoms with Crippen LogP contribution in [-0.2, 0) is 34.6 Å².